The maximum atomic E-state index is 12.1. The molecule has 0 spiro atoms. The highest BCUT2D eigenvalue weighted by Crippen LogP contribution is 2.25. The molecular weight excluding hydrogens is 310 g/mol. The van der Waals surface area contributed by atoms with Gasteiger partial charge >= 0.3 is 0 Å². The number of rotatable bonds is 8. The number of carbonyl (C=O) groups is 1. The highest BCUT2D eigenvalue weighted by Gasteiger charge is 2.15. The van der Waals surface area contributed by atoms with Crippen LogP contribution in [0.2, 0.25) is 0 Å². The van der Waals surface area contributed by atoms with Crippen LogP contribution in [0.5, 0.6) is 0 Å². The van der Waals surface area contributed by atoms with Crippen LogP contribution in [0.15, 0.2) is 21.9 Å². The van der Waals surface area contributed by atoms with Crippen molar-refractivity contribution in [2.45, 2.75) is 39.7 Å². The number of thiophene rings is 1. The molecular formula is C17H25N3O2S. The van der Waals surface area contributed by atoms with E-state index in [0.717, 1.165) is 17.8 Å². The Hall–Kier alpha value is -1.66. The second-order valence-electron chi connectivity index (χ2n) is 5.76. The Morgan fingerprint density at radius 2 is 2.30 bits per heavy atom. The minimum atomic E-state index is -0.0170. The lowest BCUT2D eigenvalue weighted by molar-refractivity contribution is -0.120. The zero-order valence-electron chi connectivity index (χ0n) is 14.3. The van der Waals surface area contributed by atoms with Crippen LogP contribution < -0.4 is 5.32 Å². The Morgan fingerprint density at radius 1 is 1.52 bits per heavy atom. The largest absolute Gasteiger partial charge is 0.440 e. The molecule has 0 fully saturated rings. The summed E-state index contributed by atoms with van der Waals surface area (Å²) < 4.78 is 5.66. The fourth-order valence-corrected chi connectivity index (χ4v) is 2.87. The van der Waals surface area contributed by atoms with Crippen molar-refractivity contribution in [3.05, 3.63) is 29.0 Å². The normalized spacial score (nSPS) is 12.6. The van der Waals surface area contributed by atoms with Crippen LogP contribution in [0.1, 0.15) is 31.7 Å². The lowest BCUT2D eigenvalue weighted by Gasteiger charge is -2.23. The minimum Gasteiger partial charge on any atom is -0.440 e. The summed E-state index contributed by atoms with van der Waals surface area (Å²) in [6, 6.07) is 4.45. The van der Waals surface area contributed by atoms with Gasteiger partial charge in [0.25, 0.3) is 0 Å². The molecule has 0 aliphatic heterocycles. The molecule has 0 aromatic carbocycles. The molecule has 2 heterocycles. The third kappa shape index (κ3) is 4.91. The van der Waals surface area contributed by atoms with Crippen LogP contribution in [-0.2, 0) is 11.2 Å². The SMILES string of the molecule is CCC(C)N(C)CCNC(=O)Cc1nc(-c2cccs2)oc1C. The van der Waals surface area contributed by atoms with Gasteiger partial charge in [0.15, 0.2) is 0 Å². The van der Waals surface area contributed by atoms with E-state index in [1.54, 1.807) is 11.3 Å². The maximum absolute atomic E-state index is 12.1. The lowest BCUT2D eigenvalue weighted by atomic mass is 10.2. The number of oxazole rings is 1. The number of hydrogen-bond donors (Lipinski definition) is 1. The predicted octanol–water partition coefficient (Wildman–Crippen LogP) is 3.10. The second kappa shape index (κ2) is 8.26. The topological polar surface area (TPSA) is 58.4 Å². The molecule has 23 heavy (non-hydrogen) atoms. The first kappa shape index (κ1) is 17.7. The van der Waals surface area contributed by atoms with Crippen LogP contribution in [0.3, 0.4) is 0 Å². The number of nitrogens with zero attached hydrogens (tertiary/aromatic N) is 2. The summed E-state index contributed by atoms with van der Waals surface area (Å²) in [7, 11) is 2.08. The highest BCUT2D eigenvalue weighted by molar-refractivity contribution is 7.13. The first-order valence-electron chi connectivity index (χ1n) is 7.98. The van der Waals surface area contributed by atoms with Crippen LogP contribution in [0.25, 0.3) is 10.8 Å². The van der Waals surface area contributed by atoms with Gasteiger partial charge in [-0.3, -0.25) is 4.79 Å². The summed E-state index contributed by atoms with van der Waals surface area (Å²) in [4.78, 5) is 19.8. The molecule has 5 nitrogen and oxygen atoms in total. The van der Waals surface area contributed by atoms with E-state index >= 15 is 0 Å². The molecule has 2 aromatic heterocycles. The summed E-state index contributed by atoms with van der Waals surface area (Å²) in [6.07, 6.45) is 1.36. The maximum Gasteiger partial charge on any atom is 0.236 e. The van der Waals surface area contributed by atoms with Crippen molar-refractivity contribution in [3.63, 3.8) is 0 Å². The number of amides is 1. The number of nitrogens with one attached hydrogen (secondary N) is 1. The Bertz CT molecular complexity index is 622. The summed E-state index contributed by atoms with van der Waals surface area (Å²) in [5, 5.41) is 4.93. The smallest absolute Gasteiger partial charge is 0.236 e. The Labute approximate surface area is 141 Å². The summed E-state index contributed by atoms with van der Waals surface area (Å²) in [5.74, 6) is 1.29. The van der Waals surface area contributed by atoms with Crippen molar-refractivity contribution in [2.24, 2.45) is 0 Å². The van der Waals surface area contributed by atoms with Gasteiger partial charge in [0.05, 0.1) is 17.0 Å². The van der Waals surface area contributed by atoms with Crippen LogP contribution in [0.4, 0.5) is 0 Å². The summed E-state index contributed by atoms with van der Waals surface area (Å²) in [5.41, 5.74) is 0.709. The third-order valence-electron chi connectivity index (χ3n) is 4.08. The Morgan fingerprint density at radius 3 is 2.96 bits per heavy atom. The molecule has 1 atom stereocenters. The van der Waals surface area contributed by atoms with E-state index in [1.807, 2.05) is 24.4 Å². The van der Waals surface area contributed by atoms with Gasteiger partial charge < -0.3 is 14.6 Å². The fraction of sp³-hybridized carbons (Fsp3) is 0.529. The van der Waals surface area contributed by atoms with Crippen molar-refractivity contribution in [1.82, 2.24) is 15.2 Å². The fourth-order valence-electron chi connectivity index (χ4n) is 2.22. The van der Waals surface area contributed by atoms with E-state index in [0.29, 0.717) is 29.9 Å². The molecule has 1 unspecified atom stereocenters. The number of carbonyl (C=O) groups excluding carboxylic acids is 1. The molecule has 0 bridgehead atoms. The molecule has 6 heteroatoms. The average molecular weight is 335 g/mol. The number of hydrogen-bond acceptors (Lipinski definition) is 5. The lowest BCUT2D eigenvalue weighted by Crippen LogP contribution is -2.37. The number of aromatic nitrogens is 1. The van der Waals surface area contributed by atoms with Crippen molar-refractivity contribution in [1.29, 1.82) is 0 Å². The van der Waals surface area contributed by atoms with Crippen LogP contribution in [-0.4, -0.2) is 42.0 Å². The molecule has 2 rings (SSSR count). The zero-order valence-corrected chi connectivity index (χ0v) is 15.1. The molecule has 0 saturated carbocycles. The van der Waals surface area contributed by atoms with E-state index in [4.69, 9.17) is 4.42 Å². The second-order valence-corrected chi connectivity index (χ2v) is 6.71. The predicted molar refractivity (Wildman–Crippen MR) is 93.6 cm³/mol. The van der Waals surface area contributed by atoms with Gasteiger partial charge in [-0.1, -0.05) is 13.0 Å². The molecule has 1 N–H and O–H groups in total. The van der Waals surface area contributed by atoms with Gasteiger partial charge in [0.2, 0.25) is 11.8 Å². The van der Waals surface area contributed by atoms with Crippen LogP contribution >= 0.6 is 11.3 Å². The van der Waals surface area contributed by atoms with E-state index in [-0.39, 0.29) is 12.3 Å². The van der Waals surface area contributed by atoms with E-state index < -0.39 is 0 Å². The minimum absolute atomic E-state index is 0.0170. The standard InChI is InChI=1S/C17H25N3O2S/c1-5-12(2)20(4)9-8-18-16(21)11-14-13(3)22-17(19-14)15-7-6-10-23-15/h6-7,10,12H,5,8-9,11H2,1-4H3,(H,18,21). The van der Waals surface area contributed by atoms with Crippen molar-refractivity contribution >= 4 is 17.2 Å². The molecule has 0 radical (unpaired) electrons. The average Bonchev–Trinajstić information content (AvgIpc) is 3.16. The van der Waals surface area contributed by atoms with Gasteiger partial charge in [0, 0.05) is 19.1 Å². The third-order valence-corrected chi connectivity index (χ3v) is 4.94. The van der Waals surface area contributed by atoms with Crippen LogP contribution in [0, 0.1) is 6.92 Å². The van der Waals surface area contributed by atoms with Gasteiger partial charge in [-0.15, -0.1) is 11.3 Å². The van der Waals surface area contributed by atoms with E-state index in [1.165, 1.54) is 0 Å². The van der Waals surface area contributed by atoms with Crippen molar-refractivity contribution in [3.8, 4) is 10.8 Å². The van der Waals surface area contributed by atoms with Gasteiger partial charge in [-0.05, 0) is 38.8 Å². The van der Waals surface area contributed by atoms with E-state index in [9.17, 15) is 4.79 Å². The van der Waals surface area contributed by atoms with Gasteiger partial charge in [0.1, 0.15) is 5.76 Å². The van der Waals surface area contributed by atoms with E-state index in [2.05, 4.69) is 36.1 Å². The first-order valence-corrected chi connectivity index (χ1v) is 8.86. The summed E-state index contributed by atoms with van der Waals surface area (Å²) >= 11 is 1.58. The molecule has 126 valence electrons. The molecule has 0 saturated heterocycles. The van der Waals surface area contributed by atoms with Gasteiger partial charge in [-0.2, -0.15) is 0 Å². The molecule has 1 amide bonds. The zero-order chi connectivity index (χ0) is 16.8. The van der Waals surface area contributed by atoms with Crippen molar-refractivity contribution < 1.29 is 9.21 Å². The Balaban J connectivity index is 1.84. The molecule has 2 aromatic rings. The first-order chi connectivity index (χ1) is 11.0. The quantitative estimate of drug-likeness (QED) is 0.805. The number of aryl methyl sites for hydroxylation is 1. The molecule has 0 aliphatic carbocycles. The highest BCUT2D eigenvalue weighted by atomic mass is 32.1. The summed E-state index contributed by atoms with van der Waals surface area (Å²) in [6.45, 7) is 7.70. The molecule has 0 aliphatic rings. The number of likely N-dealkylation sites (N-methyl/N-ethyl adjacent to an activating group) is 1. The van der Waals surface area contributed by atoms with Gasteiger partial charge in [-0.25, -0.2) is 4.98 Å². The Kier molecular flexibility index (Phi) is 6.36. The van der Waals surface area contributed by atoms with Crippen molar-refractivity contribution in [2.75, 3.05) is 20.1 Å². The monoisotopic (exact) mass is 335 g/mol.